The van der Waals surface area contributed by atoms with E-state index in [4.69, 9.17) is 0 Å². The summed E-state index contributed by atoms with van der Waals surface area (Å²) in [6.45, 7) is 2.29. The van der Waals surface area contributed by atoms with Crippen molar-refractivity contribution in [3.05, 3.63) is 6.33 Å². The topological polar surface area (TPSA) is 41.0 Å². The molecule has 0 aliphatic carbocycles. The van der Waals surface area contributed by atoms with E-state index in [1.54, 1.807) is 6.33 Å². The number of nitrogens with zero attached hydrogens (tertiary/aromatic N) is 3. The molecule has 0 aromatic carbocycles. The second-order valence-electron chi connectivity index (χ2n) is 3.14. The van der Waals surface area contributed by atoms with Gasteiger partial charge in [0.25, 0.3) is 0 Å². The molecule has 4 nitrogen and oxygen atoms in total. The van der Waals surface area contributed by atoms with Crippen LogP contribution in [0.1, 0.15) is 6.42 Å². The second kappa shape index (κ2) is 3.37. The van der Waals surface area contributed by atoms with Gasteiger partial charge in [-0.15, -0.1) is 0 Å². The minimum atomic E-state index is 0.558. The zero-order valence-electron chi connectivity index (χ0n) is 7.03. The zero-order chi connectivity index (χ0) is 8.39. The summed E-state index contributed by atoms with van der Waals surface area (Å²) in [6, 6.07) is 0.558. The number of rotatable bonds is 2. The van der Waals surface area contributed by atoms with E-state index in [0.717, 1.165) is 11.7 Å². The van der Waals surface area contributed by atoms with Crippen LogP contribution in [0.4, 0.5) is 5.13 Å². The molecule has 0 radical (unpaired) electrons. The van der Waals surface area contributed by atoms with E-state index in [1.807, 2.05) is 0 Å². The molecule has 1 aliphatic heterocycles. The monoisotopic (exact) mass is 184 g/mol. The molecule has 1 aromatic heterocycles. The maximum atomic E-state index is 4.08. The highest BCUT2D eigenvalue weighted by molar-refractivity contribution is 7.09. The molecule has 1 fully saturated rings. The van der Waals surface area contributed by atoms with Crippen molar-refractivity contribution in [2.75, 3.05) is 25.5 Å². The van der Waals surface area contributed by atoms with Crippen molar-refractivity contribution in [1.29, 1.82) is 0 Å². The molecule has 1 N–H and O–H groups in total. The predicted molar refractivity (Wildman–Crippen MR) is 49.4 cm³/mol. The Balaban J connectivity index is 1.88. The van der Waals surface area contributed by atoms with Gasteiger partial charge in [-0.05, 0) is 20.0 Å². The Hall–Kier alpha value is -0.680. The normalized spacial score (nSPS) is 24.6. The third-order valence-corrected chi connectivity index (χ3v) is 2.68. The van der Waals surface area contributed by atoms with Crippen LogP contribution in [0.5, 0.6) is 0 Å². The summed E-state index contributed by atoms with van der Waals surface area (Å²) in [5.74, 6) is 0. The van der Waals surface area contributed by atoms with E-state index >= 15 is 0 Å². The van der Waals surface area contributed by atoms with Crippen molar-refractivity contribution in [3.63, 3.8) is 0 Å². The van der Waals surface area contributed by atoms with E-state index in [9.17, 15) is 0 Å². The fraction of sp³-hybridized carbons (Fsp3) is 0.714. The van der Waals surface area contributed by atoms with Crippen molar-refractivity contribution in [3.8, 4) is 0 Å². The van der Waals surface area contributed by atoms with E-state index in [2.05, 4.69) is 26.6 Å². The number of hydrogen-bond donors (Lipinski definition) is 1. The average molecular weight is 184 g/mol. The molecule has 0 amide bonds. The van der Waals surface area contributed by atoms with E-state index < -0.39 is 0 Å². The number of aromatic nitrogens is 2. The van der Waals surface area contributed by atoms with Crippen LogP contribution in [-0.4, -0.2) is 40.4 Å². The van der Waals surface area contributed by atoms with E-state index in [0.29, 0.717) is 6.04 Å². The lowest BCUT2D eigenvalue weighted by molar-refractivity contribution is 0.414. The molecule has 12 heavy (non-hydrogen) atoms. The number of likely N-dealkylation sites (N-methyl/N-ethyl adjacent to an activating group) is 1. The minimum absolute atomic E-state index is 0.558. The first-order chi connectivity index (χ1) is 5.84. The highest BCUT2D eigenvalue weighted by Crippen LogP contribution is 2.14. The van der Waals surface area contributed by atoms with Gasteiger partial charge < -0.3 is 10.2 Å². The molecule has 1 saturated heterocycles. The number of likely N-dealkylation sites (tertiary alicyclic amines) is 1. The molecule has 1 unspecified atom stereocenters. The maximum Gasteiger partial charge on any atom is 0.202 e. The Morgan fingerprint density at radius 1 is 1.75 bits per heavy atom. The third kappa shape index (κ3) is 1.73. The van der Waals surface area contributed by atoms with Crippen molar-refractivity contribution in [2.45, 2.75) is 12.5 Å². The lowest BCUT2D eigenvalue weighted by Gasteiger charge is -2.10. The molecule has 5 heteroatoms. The van der Waals surface area contributed by atoms with E-state index in [-0.39, 0.29) is 0 Å². The molecule has 1 atom stereocenters. The highest BCUT2D eigenvalue weighted by Gasteiger charge is 2.19. The fourth-order valence-electron chi connectivity index (χ4n) is 1.46. The second-order valence-corrected chi connectivity index (χ2v) is 3.92. The van der Waals surface area contributed by atoms with Crippen LogP contribution in [0.3, 0.4) is 0 Å². The molecule has 66 valence electrons. The van der Waals surface area contributed by atoms with Gasteiger partial charge in [-0.1, -0.05) is 0 Å². The molecule has 1 aromatic rings. The number of nitrogens with one attached hydrogen (secondary N) is 1. The molecule has 2 rings (SSSR count). The molecular weight excluding hydrogens is 172 g/mol. The quantitative estimate of drug-likeness (QED) is 0.733. The largest absolute Gasteiger partial charge is 0.356 e. The lowest BCUT2D eigenvalue weighted by Crippen LogP contribution is -2.23. The smallest absolute Gasteiger partial charge is 0.202 e. The first kappa shape index (κ1) is 7.94. The van der Waals surface area contributed by atoms with Gasteiger partial charge >= 0.3 is 0 Å². The molecule has 0 saturated carbocycles. The van der Waals surface area contributed by atoms with Crippen LogP contribution >= 0.6 is 11.5 Å². The standard InChI is InChI=1S/C7H12N4S/c1-11-3-2-6(4-11)10-7-8-5-9-12-7/h5-6H,2-4H2,1H3,(H,8,9,10). The Bertz CT molecular complexity index is 236. The summed E-state index contributed by atoms with van der Waals surface area (Å²) in [7, 11) is 2.14. The van der Waals surface area contributed by atoms with Gasteiger partial charge in [-0.25, -0.2) is 4.98 Å². The van der Waals surface area contributed by atoms with Gasteiger partial charge in [0, 0.05) is 24.1 Å². The fourth-order valence-corrected chi connectivity index (χ4v) is 1.97. The molecule has 1 aliphatic rings. The van der Waals surface area contributed by atoms with Gasteiger partial charge in [-0.3, -0.25) is 0 Å². The Morgan fingerprint density at radius 3 is 3.25 bits per heavy atom. The van der Waals surface area contributed by atoms with Crippen LogP contribution in [0.15, 0.2) is 6.33 Å². The highest BCUT2D eigenvalue weighted by atomic mass is 32.1. The summed E-state index contributed by atoms with van der Waals surface area (Å²) in [4.78, 5) is 6.40. The predicted octanol–water partition coefficient (Wildman–Crippen LogP) is 0.654. The summed E-state index contributed by atoms with van der Waals surface area (Å²) in [5.41, 5.74) is 0. The van der Waals surface area contributed by atoms with Gasteiger partial charge in [0.05, 0.1) is 0 Å². The Kier molecular flexibility index (Phi) is 2.23. The maximum absolute atomic E-state index is 4.08. The van der Waals surface area contributed by atoms with E-state index in [1.165, 1.54) is 24.5 Å². The van der Waals surface area contributed by atoms with Gasteiger partial charge in [0.2, 0.25) is 5.13 Å². The summed E-state index contributed by atoms with van der Waals surface area (Å²) in [5, 5.41) is 4.29. The first-order valence-electron chi connectivity index (χ1n) is 4.06. The molecule has 0 spiro atoms. The van der Waals surface area contributed by atoms with Crippen LogP contribution in [0.25, 0.3) is 0 Å². The number of hydrogen-bond acceptors (Lipinski definition) is 5. The van der Waals surface area contributed by atoms with Crippen molar-refractivity contribution in [1.82, 2.24) is 14.3 Å². The Morgan fingerprint density at radius 2 is 2.67 bits per heavy atom. The SMILES string of the molecule is CN1CCC(Nc2ncns2)C1. The Labute approximate surface area is 75.8 Å². The zero-order valence-corrected chi connectivity index (χ0v) is 7.84. The number of anilines is 1. The third-order valence-electron chi connectivity index (χ3n) is 2.08. The van der Waals surface area contributed by atoms with Crippen LogP contribution in [-0.2, 0) is 0 Å². The van der Waals surface area contributed by atoms with Crippen molar-refractivity contribution < 1.29 is 0 Å². The van der Waals surface area contributed by atoms with Crippen molar-refractivity contribution in [2.24, 2.45) is 0 Å². The van der Waals surface area contributed by atoms with Crippen LogP contribution < -0.4 is 5.32 Å². The first-order valence-corrected chi connectivity index (χ1v) is 4.83. The van der Waals surface area contributed by atoms with Gasteiger partial charge in [-0.2, -0.15) is 4.37 Å². The average Bonchev–Trinajstić information content (AvgIpc) is 2.63. The summed E-state index contributed by atoms with van der Waals surface area (Å²) < 4.78 is 3.94. The summed E-state index contributed by atoms with van der Waals surface area (Å²) >= 11 is 1.42. The molecule has 0 bridgehead atoms. The summed E-state index contributed by atoms with van der Waals surface area (Å²) in [6.07, 6.45) is 2.79. The van der Waals surface area contributed by atoms with Crippen LogP contribution in [0, 0.1) is 0 Å². The molecule has 2 heterocycles. The van der Waals surface area contributed by atoms with Crippen LogP contribution in [0.2, 0.25) is 0 Å². The van der Waals surface area contributed by atoms with Crippen molar-refractivity contribution >= 4 is 16.7 Å². The van der Waals surface area contributed by atoms with Gasteiger partial charge in [0.15, 0.2) is 0 Å². The molecular formula is C7H12N4S. The minimum Gasteiger partial charge on any atom is -0.356 e. The van der Waals surface area contributed by atoms with Gasteiger partial charge in [0.1, 0.15) is 6.33 Å². The lowest BCUT2D eigenvalue weighted by atomic mass is 10.3.